The van der Waals surface area contributed by atoms with Crippen molar-refractivity contribution in [2.24, 2.45) is 0 Å². The average molecular weight is 287 g/mol. The van der Waals surface area contributed by atoms with E-state index in [1.807, 2.05) is 39.2 Å². The lowest BCUT2D eigenvalue weighted by atomic mass is 10.3. The number of hydrogen-bond acceptors (Lipinski definition) is 4. The van der Waals surface area contributed by atoms with Crippen molar-refractivity contribution in [3.63, 3.8) is 0 Å². The quantitative estimate of drug-likeness (QED) is 0.875. The normalized spacial score (nSPS) is 10.6. The van der Waals surface area contributed by atoms with Crippen LogP contribution in [0.5, 0.6) is 0 Å². The number of anilines is 1. The third-order valence-corrected chi connectivity index (χ3v) is 3.28. The summed E-state index contributed by atoms with van der Waals surface area (Å²) in [6, 6.07) is 3.80. The zero-order valence-corrected chi connectivity index (χ0v) is 12.7. The molecule has 0 aromatic carbocycles. The van der Waals surface area contributed by atoms with Crippen molar-refractivity contribution >= 4 is 11.6 Å². The summed E-state index contributed by atoms with van der Waals surface area (Å²) in [4.78, 5) is 18.1. The highest BCUT2D eigenvalue weighted by Crippen LogP contribution is 2.21. The zero-order chi connectivity index (χ0) is 15.2. The minimum absolute atomic E-state index is 0.0979. The first-order valence-electron chi connectivity index (χ1n) is 7.09. The third kappa shape index (κ3) is 3.46. The van der Waals surface area contributed by atoms with Crippen LogP contribution in [-0.2, 0) is 4.79 Å². The largest absolute Gasteiger partial charge is 0.319 e. The summed E-state index contributed by atoms with van der Waals surface area (Å²) in [6.45, 7) is 5.18. The first-order chi connectivity index (χ1) is 10.2. The minimum atomic E-state index is 0.0979. The second-order valence-corrected chi connectivity index (χ2v) is 4.75. The molecule has 0 atom stereocenters. The first-order valence-corrected chi connectivity index (χ1v) is 7.09. The Morgan fingerprint density at radius 2 is 2.29 bits per heavy atom. The van der Waals surface area contributed by atoms with Crippen LogP contribution in [-0.4, -0.2) is 40.8 Å². The van der Waals surface area contributed by atoms with Crippen molar-refractivity contribution in [2.75, 3.05) is 25.0 Å². The summed E-state index contributed by atoms with van der Waals surface area (Å²) in [5.41, 5.74) is 2.56. The van der Waals surface area contributed by atoms with Gasteiger partial charge >= 0.3 is 0 Å². The van der Waals surface area contributed by atoms with E-state index in [9.17, 15) is 4.79 Å². The Bertz CT molecular complexity index is 593. The molecule has 2 aromatic rings. The molecular weight excluding hydrogens is 266 g/mol. The summed E-state index contributed by atoms with van der Waals surface area (Å²) in [5.74, 6) is 0.0979. The fraction of sp³-hybridized carbons (Fsp3) is 0.400. The summed E-state index contributed by atoms with van der Waals surface area (Å²) in [7, 11) is 1.84. The summed E-state index contributed by atoms with van der Waals surface area (Å²) < 4.78 is 1.76. The maximum absolute atomic E-state index is 12.3. The van der Waals surface area contributed by atoms with Crippen molar-refractivity contribution in [1.29, 1.82) is 0 Å². The molecule has 0 bridgehead atoms. The van der Waals surface area contributed by atoms with Gasteiger partial charge in [0.05, 0.1) is 29.5 Å². The van der Waals surface area contributed by atoms with Crippen LogP contribution in [0.25, 0.3) is 5.69 Å². The Balaban J connectivity index is 2.27. The summed E-state index contributed by atoms with van der Waals surface area (Å²) in [5, 5.41) is 7.48. The summed E-state index contributed by atoms with van der Waals surface area (Å²) >= 11 is 0. The maximum Gasteiger partial charge on any atom is 0.228 e. The monoisotopic (exact) mass is 287 g/mol. The number of nitrogens with one attached hydrogen (secondary N) is 1. The molecule has 112 valence electrons. The van der Waals surface area contributed by atoms with Crippen LogP contribution in [0, 0.1) is 6.92 Å². The fourth-order valence-corrected chi connectivity index (χ4v) is 2.19. The number of amides is 1. The molecule has 2 heterocycles. The second-order valence-electron chi connectivity index (χ2n) is 4.75. The smallest absolute Gasteiger partial charge is 0.228 e. The second kappa shape index (κ2) is 6.99. The molecule has 6 nitrogen and oxygen atoms in total. The number of carbonyl (C=O) groups excluding carboxylic acids is 1. The Labute approximate surface area is 124 Å². The van der Waals surface area contributed by atoms with Gasteiger partial charge in [-0.3, -0.25) is 9.78 Å². The van der Waals surface area contributed by atoms with Gasteiger partial charge in [-0.2, -0.15) is 5.10 Å². The predicted octanol–water partition coefficient (Wildman–Crippen LogP) is 1.54. The average Bonchev–Trinajstić information content (AvgIpc) is 2.89. The van der Waals surface area contributed by atoms with Crippen molar-refractivity contribution in [1.82, 2.24) is 20.1 Å². The Kier molecular flexibility index (Phi) is 5.05. The fourth-order valence-electron chi connectivity index (χ4n) is 2.19. The molecule has 0 aliphatic heterocycles. The number of nitrogens with zero attached hydrogens (tertiary/aromatic N) is 4. The van der Waals surface area contributed by atoms with Gasteiger partial charge < -0.3 is 10.2 Å². The van der Waals surface area contributed by atoms with Gasteiger partial charge in [0.2, 0.25) is 5.91 Å². The maximum atomic E-state index is 12.3. The molecule has 1 N–H and O–H groups in total. The van der Waals surface area contributed by atoms with E-state index in [4.69, 9.17) is 0 Å². The molecule has 2 aromatic heterocycles. The molecule has 0 unspecified atom stereocenters. The van der Waals surface area contributed by atoms with Gasteiger partial charge in [0.15, 0.2) is 0 Å². The van der Waals surface area contributed by atoms with Crippen LogP contribution in [0.3, 0.4) is 0 Å². The van der Waals surface area contributed by atoms with Crippen LogP contribution in [0.4, 0.5) is 5.69 Å². The van der Waals surface area contributed by atoms with Crippen LogP contribution in [0.1, 0.15) is 19.0 Å². The van der Waals surface area contributed by atoms with Gasteiger partial charge in [-0.1, -0.05) is 0 Å². The van der Waals surface area contributed by atoms with E-state index in [1.54, 1.807) is 22.0 Å². The zero-order valence-electron chi connectivity index (χ0n) is 12.7. The number of aromatic nitrogens is 3. The number of hydrogen-bond donors (Lipinski definition) is 1. The standard InChI is InChI=1S/C15H21N5O/c1-4-19(15(21)7-9-16-3)14-11-20(18-12(14)2)13-6-5-8-17-10-13/h5-6,8,10-11,16H,4,7,9H2,1-3H3. The van der Waals surface area contributed by atoms with E-state index < -0.39 is 0 Å². The highest BCUT2D eigenvalue weighted by atomic mass is 16.2. The lowest BCUT2D eigenvalue weighted by Gasteiger charge is -2.19. The van der Waals surface area contributed by atoms with Gasteiger partial charge in [-0.15, -0.1) is 0 Å². The minimum Gasteiger partial charge on any atom is -0.319 e. The molecule has 0 radical (unpaired) electrons. The number of pyridine rings is 1. The highest BCUT2D eigenvalue weighted by molar-refractivity contribution is 5.93. The van der Waals surface area contributed by atoms with Gasteiger partial charge in [-0.25, -0.2) is 4.68 Å². The Morgan fingerprint density at radius 1 is 1.48 bits per heavy atom. The molecule has 0 aliphatic rings. The van der Waals surface area contributed by atoms with E-state index >= 15 is 0 Å². The highest BCUT2D eigenvalue weighted by Gasteiger charge is 2.18. The molecule has 0 fully saturated rings. The lowest BCUT2D eigenvalue weighted by Crippen LogP contribution is -2.32. The Hall–Kier alpha value is -2.21. The molecule has 0 aliphatic carbocycles. The van der Waals surface area contributed by atoms with Gasteiger partial charge in [0, 0.05) is 25.7 Å². The number of aryl methyl sites for hydroxylation is 1. The van der Waals surface area contributed by atoms with Crippen molar-refractivity contribution < 1.29 is 4.79 Å². The molecule has 2 rings (SSSR count). The molecule has 1 amide bonds. The predicted molar refractivity (Wildman–Crippen MR) is 82.7 cm³/mol. The first kappa shape index (κ1) is 15.2. The molecule has 0 saturated carbocycles. The summed E-state index contributed by atoms with van der Waals surface area (Å²) in [6.07, 6.45) is 5.82. The van der Waals surface area contributed by atoms with Crippen LogP contribution >= 0.6 is 0 Å². The molecule has 0 spiro atoms. The van der Waals surface area contributed by atoms with Crippen molar-refractivity contribution in [3.05, 3.63) is 36.4 Å². The van der Waals surface area contributed by atoms with E-state index in [0.29, 0.717) is 19.5 Å². The van der Waals surface area contributed by atoms with Crippen LogP contribution in [0.15, 0.2) is 30.7 Å². The van der Waals surface area contributed by atoms with Gasteiger partial charge in [-0.05, 0) is 33.0 Å². The van der Waals surface area contributed by atoms with E-state index in [0.717, 1.165) is 17.1 Å². The Morgan fingerprint density at radius 3 is 2.90 bits per heavy atom. The molecular formula is C15H21N5O. The molecule has 0 saturated heterocycles. The topological polar surface area (TPSA) is 63.1 Å². The van der Waals surface area contributed by atoms with Gasteiger partial charge in [0.25, 0.3) is 0 Å². The lowest BCUT2D eigenvalue weighted by molar-refractivity contribution is -0.118. The van der Waals surface area contributed by atoms with Crippen LogP contribution < -0.4 is 10.2 Å². The SMILES string of the molecule is CCN(C(=O)CCNC)c1cn(-c2cccnc2)nc1C. The van der Waals surface area contributed by atoms with Crippen molar-refractivity contribution in [2.45, 2.75) is 20.3 Å². The molecule has 6 heteroatoms. The third-order valence-electron chi connectivity index (χ3n) is 3.28. The van der Waals surface area contributed by atoms with Gasteiger partial charge in [0.1, 0.15) is 0 Å². The van der Waals surface area contributed by atoms with E-state index in [1.165, 1.54) is 0 Å². The van der Waals surface area contributed by atoms with E-state index in [-0.39, 0.29) is 5.91 Å². The van der Waals surface area contributed by atoms with Crippen molar-refractivity contribution in [3.8, 4) is 5.69 Å². The number of rotatable bonds is 6. The van der Waals surface area contributed by atoms with E-state index in [2.05, 4.69) is 15.4 Å². The number of carbonyl (C=O) groups is 1. The molecule has 21 heavy (non-hydrogen) atoms. The van der Waals surface area contributed by atoms with Crippen LogP contribution in [0.2, 0.25) is 0 Å².